The number of aliphatic hydroxyl groups excluding tert-OH is 1. The lowest BCUT2D eigenvalue weighted by atomic mass is 10.3. The van der Waals surface area contributed by atoms with Crippen molar-refractivity contribution in [2.24, 2.45) is 0 Å². The second-order valence-electron chi connectivity index (χ2n) is 1.41. The van der Waals surface area contributed by atoms with Crippen molar-refractivity contribution in [2.45, 2.75) is 12.5 Å². The number of halogens is 1. The lowest BCUT2D eigenvalue weighted by Gasteiger charge is -1.99. The third kappa shape index (κ3) is 4.32. The maximum atomic E-state index is 9.81. The van der Waals surface area contributed by atoms with Crippen molar-refractivity contribution in [3.8, 4) is 0 Å². The smallest absolute Gasteiger partial charge is 0.306 e. The highest BCUT2D eigenvalue weighted by atomic mass is 127. The summed E-state index contributed by atoms with van der Waals surface area (Å²) in [6.07, 6.45) is -0.837. The van der Waals surface area contributed by atoms with Gasteiger partial charge in [0, 0.05) is 4.43 Å². The molecule has 1 unspecified atom stereocenters. The van der Waals surface area contributed by atoms with E-state index in [4.69, 9.17) is 10.2 Å². The molecule has 0 heterocycles. The summed E-state index contributed by atoms with van der Waals surface area (Å²) in [6.45, 7) is 0. The summed E-state index contributed by atoms with van der Waals surface area (Å²) < 4.78 is 0.476. The Morgan fingerprint density at radius 2 is 2.25 bits per heavy atom. The number of aliphatic hydroxyl groups is 1. The summed E-state index contributed by atoms with van der Waals surface area (Å²) in [5, 5.41) is 16.7. The molecule has 0 aromatic heterocycles. The summed E-state index contributed by atoms with van der Waals surface area (Å²) in [5.41, 5.74) is 0. The summed E-state index contributed by atoms with van der Waals surface area (Å²) in [5.74, 6) is -0.950. The molecule has 0 radical (unpaired) electrons. The summed E-state index contributed by atoms with van der Waals surface area (Å²) in [7, 11) is 0. The second-order valence-corrected chi connectivity index (χ2v) is 2.29. The molecule has 2 N–H and O–H groups in total. The third-order valence-electron chi connectivity index (χ3n) is 0.588. The Morgan fingerprint density at radius 3 is 2.38 bits per heavy atom. The number of carbonyl (C=O) groups is 1. The zero-order chi connectivity index (χ0) is 6.57. The van der Waals surface area contributed by atoms with Gasteiger partial charge in [-0.15, -0.1) is 0 Å². The SMILES string of the molecule is O=C(O)CC(O)CI. The average Bonchev–Trinajstić information content (AvgIpc) is 1.65. The Balaban J connectivity index is 3.24. The third-order valence-corrected chi connectivity index (χ3v) is 1.61. The minimum atomic E-state index is -0.950. The fourth-order valence-corrected chi connectivity index (χ4v) is 0.568. The van der Waals surface area contributed by atoms with E-state index in [1.807, 2.05) is 22.6 Å². The average molecular weight is 230 g/mol. The molecular weight excluding hydrogens is 223 g/mol. The predicted octanol–water partition coefficient (Wildman–Crippen LogP) is 0.257. The highest BCUT2D eigenvalue weighted by Crippen LogP contribution is 1.95. The molecule has 0 rings (SSSR count). The van der Waals surface area contributed by atoms with Crippen molar-refractivity contribution in [3.05, 3.63) is 0 Å². The molecule has 0 amide bonds. The fraction of sp³-hybridized carbons (Fsp3) is 0.750. The van der Waals surface area contributed by atoms with Gasteiger partial charge in [0.05, 0.1) is 12.5 Å². The van der Waals surface area contributed by atoms with Crippen LogP contribution in [0.25, 0.3) is 0 Å². The maximum absolute atomic E-state index is 9.81. The van der Waals surface area contributed by atoms with Crippen molar-refractivity contribution in [1.29, 1.82) is 0 Å². The molecule has 3 nitrogen and oxygen atoms in total. The van der Waals surface area contributed by atoms with Gasteiger partial charge in [-0.05, 0) is 0 Å². The van der Waals surface area contributed by atoms with Crippen LogP contribution >= 0.6 is 22.6 Å². The van der Waals surface area contributed by atoms with Gasteiger partial charge in [-0.25, -0.2) is 0 Å². The fourth-order valence-electron chi connectivity index (χ4n) is 0.256. The lowest BCUT2D eigenvalue weighted by molar-refractivity contribution is -0.138. The van der Waals surface area contributed by atoms with E-state index in [1.54, 1.807) is 0 Å². The Hall–Kier alpha value is 0.160. The Bertz CT molecular complexity index is 83.4. The minimum Gasteiger partial charge on any atom is -0.481 e. The standard InChI is InChI=1S/C4H7IO3/c5-2-3(6)1-4(7)8/h3,6H,1-2H2,(H,7,8). The number of aliphatic carboxylic acids is 1. The van der Waals surface area contributed by atoms with Gasteiger partial charge in [-0.1, -0.05) is 22.6 Å². The van der Waals surface area contributed by atoms with Crippen molar-refractivity contribution < 1.29 is 15.0 Å². The van der Waals surface area contributed by atoms with Crippen LogP contribution in [-0.4, -0.2) is 26.7 Å². The van der Waals surface area contributed by atoms with Gasteiger partial charge in [-0.3, -0.25) is 4.79 Å². The number of carboxylic acids is 1. The first-order chi connectivity index (χ1) is 3.66. The minimum absolute atomic E-state index is 0.150. The Morgan fingerprint density at radius 1 is 1.75 bits per heavy atom. The quantitative estimate of drug-likeness (QED) is 0.540. The lowest BCUT2D eigenvalue weighted by Crippen LogP contribution is -2.13. The monoisotopic (exact) mass is 230 g/mol. The molecule has 0 saturated heterocycles. The topological polar surface area (TPSA) is 57.5 Å². The molecule has 0 aromatic rings. The first-order valence-electron chi connectivity index (χ1n) is 2.12. The van der Waals surface area contributed by atoms with Crippen molar-refractivity contribution in [2.75, 3.05) is 4.43 Å². The molecule has 0 aromatic carbocycles. The Kier molecular flexibility index (Phi) is 4.16. The second kappa shape index (κ2) is 4.08. The molecule has 4 heteroatoms. The van der Waals surface area contributed by atoms with Crippen LogP contribution in [0.4, 0.5) is 0 Å². The van der Waals surface area contributed by atoms with Crippen LogP contribution < -0.4 is 0 Å². The molecular formula is C4H7IO3. The molecule has 0 aliphatic heterocycles. The molecule has 0 bridgehead atoms. The van der Waals surface area contributed by atoms with E-state index in [9.17, 15) is 4.79 Å². The van der Waals surface area contributed by atoms with Gasteiger partial charge in [0.25, 0.3) is 0 Å². The van der Waals surface area contributed by atoms with E-state index < -0.39 is 12.1 Å². The zero-order valence-corrected chi connectivity index (χ0v) is 6.33. The predicted molar refractivity (Wildman–Crippen MR) is 37.1 cm³/mol. The van der Waals surface area contributed by atoms with Gasteiger partial charge < -0.3 is 10.2 Å². The largest absolute Gasteiger partial charge is 0.481 e. The Labute approximate surface area is 60.8 Å². The van der Waals surface area contributed by atoms with Crippen LogP contribution in [0.15, 0.2) is 0 Å². The number of rotatable bonds is 3. The van der Waals surface area contributed by atoms with Gasteiger partial charge in [0.2, 0.25) is 0 Å². The van der Waals surface area contributed by atoms with Crippen LogP contribution in [0.5, 0.6) is 0 Å². The van der Waals surface area contributed by atoms with Crippen LogP contribution in [0.3, 0.4) is 0 Å². The first-order valence-corrected chi connectivity index (χ1v) is 3.65. The van der Waals surface area contributed by atoms with Gasteiger partial charge in [-0.2, -0.15) is 0 Å². The van der Waals surface area contributed by atoms with Gasteiger partial charge in [0.1, 0.15) is 0 Å². The molecule has 48 valence electrons. The van der Waals surface area contributed by atoms with E-state index in [1.165, 1.54) is 0 Å². The number of hydrogen-bond acceptors (Lipinski definition) is 2. The number of hydrogen-bond donors (Lipinski definition) is 2. The molecule has 0 fully saturated rings. The van der Waals surface area contributed by atoms with Crippen molar-refractivity contribution in [1.82, 2.24) is 0 Å². The summed E-state index contributed by atoms with van der Waals surface area (Å²) in [4.78, 5) is 9.81. The zero-order valence-electron chi connectivity index (χ0n) is 4.17. The van der Waals surface area contributed by atoms with Gasteiger partial charge in [0.15, 0.2) is 0 Å². The van der Waals surface area contributed by atoms with Crippen LogP contribution in [0, 0.1) is 0 Å². The highest BCUT2D eigenvalue weighted by Gasteiger charge is 2.05. The maximum Gasteiger partial charge on any atom is 0.306 e. The van der Waals surface area contributed by atoms with Crippen LogP contribution in [0.1, 0.15) is 6.42 Å². The van der Waals surface area contributed by atoms with E-state index in [2.05, 4.69) is 0 Å². The van der Waals surface area contributed by atoms with Crippen LogP contribution in [-0.2, 0) is 4.79 Å². The first kappa shape index (κ1) is 8.16. The molecule has 0 aliphatic rings. The van der Waals surface area contributed by atoms with E-state index >= 15 is 0 Å². The molecule has 0 spiro atoms. The van der Waals surface area contributed by atoms with Crippen molar-refractivity contribution >= 4 is 28.6 Å². The number of alkyl halides is 1. The molecule has 8 heavy (non-hydrogen) atoms. The molecule has 0 aliphatic carbocycles. The van der Waals surface area contributed by atoms with E-state index in [0.717, 1.165) is 0 Å². The summed E-state index contributed by atoms with van der Waals surface area (Å²) in [6, 6.07) is 0. The number of carboxylic acid groups (broad SMARTS) is 1. The normalized spacial score (nSPS) is 13.2. The van der Waals surface area contributed by atoms with Crippen LogP contribution in [0.2, 0.25) is 0 Å². The van der Waals surface area contributed by atoms with E-state index in [-0.39, 0.29) is 6.42 Å². The highest BCUT2D eigenvalue weighted by molar-refractivity contribution is 14.1. The molecule has 0 saturated carbocycles. The van der Waals surface area contributed by atoms with Crippen molar-refractivity contribution in [3.63, 3.8) is 0 Å². The van der Waals surface area contributed by atoms with Gasteiger partial charge >= 0.3 is 5.97 Å². The molecule has 1 atom stereocenters. The summed E-state index contributed by atoms with van der Waals surface area (Å²) >= 11 is 1.93. The van der Waals surface area contributed by atoms with E-state index in [0.29, 0.717) is 4.43 Å².